The molecule has 39 heavy (non-hydrogen) atoms. The number of benzene rings is 3. The van der Waals surface area contributed by atoms with Crippen LogP contribution in [-0.2, 0) is 18.3 Å². The van der Waals surface area contributed by atoms with Crippen LogP contribution in [0.15, 0.2) is 42.5 Å². The van der Waals surface area contributed by atoms with E-state index in [2.05, 4.69) is 87.6 Å². The molecule has 0 bridgehead atoms. The summed E-state index contributed by atoms with van der Waals surface area (Å²) >= 11 is -1.90. The fraction of sp³-hybridized carbons (Fsp3) is 0.323. The van der Waals surface area contributed by atoms with E-state index in [4.69, 9.17) is 24.1 Å². The van der Waals surface area contributed by atoms with Crippen LogP contribution in [0.5, 0.6) is 5.75 Å². The molecule has 3 aromatic carbocycles. The molecule has 8 heteroatoms. The van der Waals surface area contributed by atoms with E-state index in [0.29, 0.717) is 11.4 Å². The van der Waals surface area contributed by atoms with Crippen LogP contribution in [0.4, 0.5) is 17.1 Å². The molecule has 0 aliphatic carbocycles. The summed E-state index contributed by atoms with van der Waals surface area (Å²) in [5.74, 6) is 0.505. The average molecular weight is 655 g/mol. The average Bonchev–Trinajstić information content (AvgIpc) is 3.28. The van der Waals surface area contributed by atoms with Crippen molar-refractivity contribution in [3.63, 3.8) is 0 Å². The molecule has 0 radical (unpaired) electrons. The normalized spacial score (nSPS) is 16.6. The van der Waals surface area contributed by atoms with Crippen molar-refractivity contribution in [3.8, 4) is 5.75 Å². The number of para-hydroxylation sites is 1. The quantitative estimate of drug-likeness (QED) is 0.235. The number of fused-ring (bicyclic) bond motifs is 1. The van der Waals surface area contributed by atoms with Gasteiger partial charge in [0.05, 0.1) is 0 Å². The van der Waals surface area contributed by atoms with Gasteiger partial charge in [-0.05, 0) is 63.8 Å². The molecule has 2 aliphatic heterocycles. The number of hydrogen-bond acceptors (Lipinski definition) is 4. The predicted octanol–water partition coefficient (Wildman–Crippen LogP) is 7.47. The van der Waals surface area contributed by atoms with Crippen LogP contribution in [0, 0.1) is 48.2 Å². The number of carbonyl (C=O) groups excluding carboxylic acids is 1. The van der Waals surface area contributed by atoms with Gasteiger partial charge in [-0.25, -0.2) is 0 Å². The fourth-order valence-electron chi connectivity index (χ4n) is 5.50. The molecule has 0 aromatic heterocycles. The van der Waals surface area contributed by atoms with Gasteiger partial charge in [-0.15, -0.1) is 0 Å². The van der Waals surface area contributed by atoms with E-state index in [9.17, 15) is 4.79 Å². The Morgan fingerprint density at radius 1 is 0.897 bits per heavy atom. The third kappa shape index (κ3) is 6.85. The first kappa shape index (κ1) is 29.6. The zero-order chi connectivity index (χ0) is 28.4. The van der Waals surface area contributed by atoms with E-state index >= 15 is 0 Å². The van der Waals surface area contributed by atoms with Crippen LogP contribution in [0.2, 0.25) is 0 Å². The molecule has 5 rings (SSSR count). The van der Waals surface area contributed by atoms with Gasteiger partial charge in [-0.1, -0.05) is 35.4 Å². The van der Waals surface area contributed by atoms with Gasteiger partial charge in [-0.3, -0.25) is 0 Å². The van der Waals surface area contributed by atoms with Crippen LogP contribution in [0.1, 0.15) is 45.9 Å². The number of amides is 1. The van der Waals surface area contributed by atoms with Gasteiger partial charge < -0.3 is 9.80 Å². The van der Waals surface area contributed by atoms with Crippen molar-refractivity contribution in [2.75, 3.05) is 28.2 Å². The molecule has 2 heterocycles. The summed E-state index contributed by atoms with van der Waals surface area (Å²) in [6, 6.07) is 14.6. The standard InChI is InChI=1S/C21H27N2.C10H9NO2.2ClH.Ru/c1-14-9-16(3)20(17(4)10-14)22-7-8-23(13-22)21-18(5)11-15(2)12-19(21)6;1-6-4-3-5-8-9(6)13-7(2)10(12)11-8;;;/h9-13H,7-8H2,1-6H3;1,3-5,7H,2H3,(H,11,12);2*1H;/q-1;;;;+2/p-2. The minimum absolute atomic E-state index is 0.143. The van der Waals surface area contributed by atoms with E-state index in [1.807, 2.05) is 12.1 Å². The monoisotopic (exact) mass is 654 g/mol. The largest absolute Gasteiger partial charge is 0.502 e. The second kappa shape index (κ2) is 12.4. The molecule has 1 fully saturated rings. The van der Waals surface area contributed by atoms with Crippen molar-refractivity contribution in [2.24, 2.45) is 0 Å². The number of nitrogens with zero attached hydrogens (tertiary/aromatic N) is 2. The SMILES string of the molecule is CC1Oc2c([CH]=[Ru]([Cl])[Cl])cccc2NC1=O.Cc1cc(C)c(N2[CH-]N(c3c(C)cc(C)cc3C)CC2)c(C)c1. The van der Waals surface area contributed by atoms with Gasteiger partial charge in [0, 0.05) is 24.5 Å². The van der Waals surface area contributed by atoms with Crippen molar-refractivity contribution in [1.29, 1.82) is 0 Å². The second-order valence-corrected chi connectivity index (χ2v) is 16.0. The summed E-state index contributed by atoms with van der Waals surface area (Å²) in [5.41, 5.74) is 12.3. The molecule has 1 saturated heterocycles. The maximum Gasteiger partial charge on any atom is 0.0146 e. The molecular formula is C31H36Cl2N3O2Ru-. The minimum atomic E-state index is -1.90. The first-order valence-electron chi connectivity index (χ1n) is 12.9. The molecule has 3 aromatic rings. The molecule has 5 nitrogen and oxygen atoms in total. The zero-order valence-corrected chi connectivity index (χ0v) is 26.8. The Morgan fingerprint density at radius 3 is 1.85 bits per heavy atom. The van der Waals surface area contributed by atoms with Crippen LogP contribution >= 0.6 is 19.4 Å². The van der Waals surface area contributed by atoms with Gasteiger partial charge in [0.1, 0.15) is 0 Å². The van der Waals surface area contributed by atoms with Crippen LogP contribution in [0.3, 0.4) is 0 Å². The van der Waals surface area contributed by atoms with Gasteiger partial charge in [0.15, 0.2) is 0 Å². The summed E-state index contributed by atoms with van der Waals surface area (Å²) < 4.78 is 7.34. The smallest absolute Gasteiger partial charge is 0.0146 e. The summed E-state index contributed by atoms with van der Waals surface area (Å²) in [5, 5.41) is 2.77. The number of halogens is 2. The molecule has 2 aliphatic rings. The van der Waals surface area contributed by atoms with Crippen molar-refractivity contribution < 1.29 is 23.0 Å². The minimum Gasteiger partial charge on any atom is -0.502 e. The summed E-state index contributed by atoms with van der Waals surface area (Å²) in [6.07, 6.45) is -0.492. The third-order valence-electron chi connectivity index (χ3n) is 6.86. The van der Waals surface area contributed by atoms with E-state index in [1.165, 1.54) is 44.8 Å². The number of hydrogen-bond donors (Lipinski definition) is 1. The van der Waals surface area contributed by atoms with E-state index in [0.717, 1.165) is 18.7 Å². The van der Waals surface area contributed by atoms with Gasteiger partial charge >= 0.3 is 106 Å². The maximum atomic E-state index is 11.4. The molecule has 0 saturated carbocycles. The number of nitrogens with one attached hydrogen (secondary N) is 1. The van der Waals surface area contributed by atoms with Crippen molar-refractivity contribution in [1.82, 2.24) is 0 Å². The Bertz CT molecular complexity index is 1330. The van der Waals surface area contributed by atoms with Crippen LogP contribution in [-0.4, -0.2) is 29.7 Å². The van der Waals surface area contributed by atoms with E-state index in [-0.39, 0.29) is 5.91 Å². The first-order chi connectivity index (χ1) is 18.4. The Kier molecular flexibility index (Phi) is 9.42. The predicted molar refractivity (Wildman–Crippen MR) is 162 cm³/mol. The van der Waals surface area contributed by atoms with E-state index < -0.39 is 19.6 Å². The Balaban J connectivity index is 0.000000193. The summed E-state index contributed by atoms with van der Waals surface area (Å²) in [7, 11) is 11.7. The third-order valence-corrected chi connectivity index (χ3v) is 8.69. The fourth-order valence-corrected chi connectivity index (χ4v) is 7.29. The molecule has 1 unspecified atom stereocenters. The maximum absolute atomic E-state index is 11.4. The van der Waals surface area contributed by atoms with Crippen molar-refractivity contribution in [2.45, 2.75) is 54.6 Å². The molecule has 1 N–H and O–H groups in total. The Morgan fingerprint density at radius 2 is 1.38 bits per heavy atom. The van der Waals surface area contributed by atoms with Crippen molar-refractivity contribution >= 4 is 47.0 Å². The number of carbonyl (C=O) groups is 1. The molecule has 1 amide bonds. The summed E-state index contributed by atoms with van der Waals surface area (Å²) in [6.45, 7) is 19.3. The zero-order valence-electron chi connectivity index (χ0n) is 23.5. The first-order valence-corrected chi connectivity index (χ1v) is 18.4. The second-order valence-electron chi connectivity index (χ2n) is 10.3. The Labute approximate surface area is 245 Å². The Hall–Kier alpha value is -2.40. The number of anilines is 3. The van der Waals surface area contributed by atoms with Gasteiger partial charge in [-0.2, -0.15) is 6.67 Å². The molecular weight excluding hydrogens is 618 g/mol. The van der Waals surface area contributed by atoms with Gasteiger partial charge in [0.2, 0.25) is 0 Å². The molecule has 0 spiro atoms. The van der Waals surface area contributed by atoms with Gasteiger partial charge in [0.25, 0.3) is 0 Å². The van der Waals surface area contributed by atoms with Crippen molar-refractivity contribution in [3.05, 3.63) is 88.1 Å². The summed E-state index contributed by atoms with van der Waals surface area (Å²) in [4.78, 5) is 16.2. The number of aryl methyl sites for hydroxylation is 6. The van der Waals surface area contributed by atoms with Crippen LogP contribution < -0.4 is 19.9 Å². The molecule has 210 valence electrons. The number of ether oxygens (including phenoxy) is 1. The molecule has 1 atom stereocenters. The number of rotatable bonds is 3. The topological polar surface area (TPSA) is 44.8 Å². The van der Waals surface area contributed by atoms with E-state index in [1.54, 1.807) is 17.6 Å². The van der Waals surface area contributed by atoms with Crippen LogP contribution in [0.25, 0.3) is 0 Å².